The van der Waals surface area contributed by atoms with Gasteiger partial charge in [-0.25, -0.2) is 22.2 Å². The van der Waals surface area contributed by atoms with E-state index in [1.807, 2.05) is 5.38 Å². The van der Waals surface area contributed by atoms with E-state index in [1.165, 1.54) is 11.1 Å². The Morgan fingerprint density at radius 2 is 1.80 bits per heavy atom. The first-order valence-electron chi connectivity index (χ1n) is 9.77. The first-order valence-corrected chi connectivity index (χ1v) is 12.2. The molecule has 0 atom stereocenters. The van der Waals surface area contributed by atoms with Gasteiger partial charge in [0.25, 0.3) is 0 Å². The summed E-state index contributed by atoms with van der Waals surface area (Å²) in [4.78, 5) is 6.37. The average Bonchev–Trinajstić information content (AvgIpc) is 3.18. The molecule has 0 N–H and O–H groups in total. The summed E-state index contributed by atoms with van der Waals surface area (Å²) in [6, 6.07) is 11.0. The molecule has 0 spiro atoms. The van der Waals surface area contributed by atoms with Gasteiger partial charge in [-0.05, 0) is 37.5 Å². The number of aromatic nitrogens is 1. The van der Waals surface area contributed by atoms with E-state index < -0.39 is 31.6 Å². The maximum atomic E-state index is 14.0. The first-order chi connectivity index (χ1) is 14.3. The van der Waals surface area contributed by atoms with Crippen molar-refractivity contribution in [2.45, 2.75) is 36.3 Å². The number of hydrogen-bond acceptors (Lipinski definition) is 5. The smallest absolute Gasteiger partial charge is 0.185 e. The second-order valence-corrected chi connectivity index (χ2v) is 10.6. The lowest BCUT2D eigenvalue weighted by Crippen LogP contribution is -2.39. The maximum absolute atomic E-state index is 14.0. The van der Waals surface area contributed by atoms with Crippen LogP contribution >= 0.6 is 11.3 Å². The molecule has 2 heterocycles. The van der Waals surface area contributed by atoms with E-state index in [0.717, 1.165) is 29.4 Å². The Kier molecular flexibility index (Phi) is 5.88. The lowest BCUT2D eigenvalue weighted by Gasteiger charge is -2.31. The van der Waals surface area contributed by atoms with Gasteiger partial charge in [0.1, 0.15) is 16.5 Å². The Hall–Kier alpha value is -2.32. The van der Waals surface area contributed by atoms with Crippen molar-refractivity contribution in [2.75, 3.05) is 18.0 Å². The van der Waals surface area contributed by atoms with Crippen LogP contribution in [-0.2, 0) is 16.3 Å². The van der Waals surface area contributed by atoms with Gasteiger partial charge in [-0.3, -0.25) is 0 Å². The highest BCUT2D eigenvalue weighted by Gasteiger charge is 2.33. The van der Waals surface area contributed by atoms with Gasteiger partial charge in [-0.1, -0.05) is 29.8 Å². The highest BCUT2D eigenvalue weighted by molar-refractivity contribution is 7.92. The summed E-state index contributed by atoms with van der Waals surface area (Å²) in [7, 11) is -3.84. The molecular weight excluding hydrogens is 426 g/mol. The fraction of sp³-hybridized carbons (Fsp3) is 0.318. The summed E-state index contributed by atoms with van der Waals surface area (Å²) in [5.41, 5.74) is 3.40. The zero-order valence-electron chi connectivity index (χ0n) is 16.5. The van der Waals surface area contributed by atoms with Crippen LogP contribution in [0.5, 0.6) is 0 Å². The van der Waals surface area contributed by atoms with E-state index in [1.54, 1.807) is 11.3 Å². The number of piperidine rings is 1. The molecule has 8 heteroatoms. The molecule has 1 aliphatic rings. The molecule has 158 valence electrons. The summed E-state index contributed by atoms with van der Waals surface area (Å²) in [5.74, 6) is -1.82. The van der Waals surface area contributed by atoms with Gasteiger partial charge in [-0.15, -0.1) is 11.3 Å². The molecule has 0 bridgehead atoms. The lowest BCUT2D eigenvalue weighted by molar-refractivity contribution is 0.516. The second kappa shape index (κ2) is 8.43. The predicted octanol–water partition coefficient (Wildman–Crippen LogP) is 4.76. The standard InChI is InChI=1S/C22H22F2N2O2S2/c1-15-2-4-16(5-3-15)12-18-14-29-22(25-18)26-10-8-19(9-11-26)30(27,28)21-7-6-17(23)13-20(21)24/h2-7,13-14,19H,8-12H2,1H3. The molecule has 1 aromatic heterocycles. The van der Waals surface area contributed by atoms with Crippen molar-refractivity contribution in [1.29, 1.82) is 0 Å². The zero-order chi connectivity index (χ0) is 21.3. The summed E-state index contributed by atoms with van der Waals surface area (Å²) >= 11 is 1.55. The van der Waals surface area contributed by atoms with Crippen molar-refractivity contribution in [1.82, 2.24) is 4.98 Å². The van der Waals surface area contributed by atoms with Crippen LogP contribution < -0.4 is 4.90 Å². The van der Waals surface area contributed by atoms with Crippen LogP contribution in [0, 0.1) is 18.6 Å². The van der Waals surface area contributed by atoms with E-state index in [-0.39, 0.29) is 0 Å². The fourth-order valence-corrected chi connectivity index (χ4v) is 6.34. The van der Waals surface area contributed by atoms with Crippen molar-refractivity contribution in [2.24, 2.45) is 0 Å². The van der Waals surface area contributed by atoms with Gasteiger partial charge in [0.05, 0.1) is 10.9 Å². The number of hydrogen-bond donors (Lipinski definition) is 0. The minimum Gasteiger partial charge on any atom is -0.348 e. The van der Waals surface area contributed by atoms with Crippen LogP contribution in [0.25, 0.3) is 0 Å². The van der Waals surface area contributed by atoms with Gasteiger partial charge in [0.2, 0.25) is 0 Å². The SMILES string of the molecule is Cc1ccc(Cc2csc(N3CCC(S(=O)(=O)c4ccc(F)cc4F)CC3)n2)cc1. The van der Waals surface area contributed by atoms with E-state index in [0.29, 0.717) is 32.0 Å². The molecular formula is C22H22F2N2O2S2. The number of anilines is 1. The highest BCUT2D eigenvalue weighted by atomic mass is 32.2. The molecule has 4 rings (SSSR count). The van der Waals surface area contributed by atoms with Gasteiger partial charge in [0, 0.05) is 31.0 Å². The maximum Gasteiger partial charge on any atom is 0.185 e. The molecule has 30 heavy (non-hydrogen) atoms. The van der Waals surface area contributed by atoms with Gasteiger partial charge in [0.15, 0.2) is 15.0 Å². The summed E-state index contributed by atoms with van der Waals surface area (Å²) in [5, 5.41) is 2.23. The number of nitrogens with zero attached hydrogens (tertiary/aromatic N) is 2. The fourth-order valence-electron chi connectivity index (χ4n) is 3.68. The monoisotopic (exact) mass is 448 g/mol. The van der Waals surface area contributed by atoms with Crippen molar-refractivity contribution >= 4 is 26.3 Å². The average molecular weight is 449 g/mol. The molecule has 0 aliphatic carbocycles. The first kappa shape index (κ1) is 20.9. The molecule has 4 nitrogen and oxygen atoms in total. The van der Waals surface area contributed by atoms with Crippen molar-refractivity contribution in [3.05, 3.63) is 76.3 Å². The number of rotatable bonds is 5. The quantitative estimate of drug-likeness (QED) is 0.528. The minimum absolute atomic E-state index is 0.381. The topological polar surface area (TPSA) is 50.3 Å². The Balaban J connectivity index is 1.41. The highest BCUT2D eigenvalue weighted by Crippen LogP contribution is 2.30. The Bertz CT molecular complexity index is 1140. The summed E-state index contributed by atoms with van der Waals surface area (Å²) < 4.78 is 52.7. The molecule has 0 amide bonds. The number of aryl methyl sites for hydroxylation is 1. The van der Waals surface area contributed by atoms with Crippen LogP contribution in [0.1, 0.15) is 29.7 Å². The number of halogens is 2. The Morgan fingerprint density at radius 3 is 2.47 bits per heavy atom. The third-order valence-electron chi connectivity index (χ3n) is 5.40. The van der Waals surface area contributed by atoms with Gasteiger partial charge in [-0.2, -0.15) is 0 Å². The van der Waals surface area contributed by atoms with Crippen LogP contribution in [0.2, 0.25) is 0 Å². The van der Waals surface area contributed by atoms with E-state index in [4.69, 9.17) is 4.98 Å². The van der Waals surface area contributed by atoms with Crippen molar-refractivity contribution in [3.8, 4) is 0 Å². The Labute approximate surface area is 179 Å². The van der Waals surface area contributed by atoms with Crippen LogP contribution in [0.15, 0.2) is 52.7 Å². The zero-order valence-corrected chi connectivity index (χ0v) is 18.1. The largest absolute Gasteiger partial charge is 0.348 e. The predicted molar refractivity (Wildman–Crippen MR) is 115 cm³/mol. The molecule has 0 saturated carbocycles. The normalized spacial score (nSPS) is 15.5. The van der Waals surface area contributed by atoms with E-state index in [9.17, 15) is 17.2 Å². The van der Waals surface area contributed by atoms with Gasteiger partial charge < -0.3 is 4.90 Å². The molecule has 0 radical (unpaired) electrons. The molecule has 1 aliphatic heterocycles. The van der Waals surface area contributed by atoms with Crippen molar-refractivity contribution in [3.63, 3.8) is 0 Å². The van der Waals surface area contributed by atoms with E-state index in [2.05, 4.69) is 36.1 Å². The molecule has 0 unspecified atom stereocenters. The summed E-state index contributed by atoms with van der Waals surface area (Å²) in [6.45, 7) is 3.12. The van der Waals surface area contributed by atoms with Crippen LogP contribution in [0.4, 0.5) is 13.9 Å². The molecule has 1 fully saturated rings. The third-order valence-corrected chi connectivity index (χ3v) is 8.64. The lowest BCUT2D eigenvalue weighted by atomic mass is 10.1. The number of thiazole rings is 1. The number of benzene rings is 2. The van der Waals surface area contributed by atoms with Crippen LogP contribution in [0.3, 0.4) is 0 Å². The molecule has 1 saturated heterocycles. The minimum atomic E-state index is -3.84. The molecule has 2 aromatic carbocycles. The third kappa shape index (κ3) is 4.39. The van der Waals surface area contributed by atoms with Gasteiger partial charge >= 0.3 is 0 Å². The van der Waals surface area contributed by atoms with Crippen LogP contribution in [-0.4, -0.2) is 31.7 Å². The van der Waals surface area contributed by atoms with Crippen molar-refractivity contribution < 1.29 is 17.2 Å². The summed E-state index contributed by atoms with van der Waals surface area (Å²) in [6.07, 6.45) is 1.52. The second-order valence-electron chi connectivity index (χ2n) is 7.59. The van der Waals surface area contributed by atoms with E-state index >= 15 is 0 Å². The number of sulfone groups is 1. The molecule has 3 aromatic rings. The Morgan fingerprint density at radius 1 is 1.10 bits per heavy atom.